The van der Waals surface area contributed by atoms with Crippen molar-refractivity contribution >= 4 is 26.3 Å². The topological polar surface area (TPSA) is 90.4 Å². The first kappa shape index (κ1) is 16.3. The second-order valence-electron chi connectivity index (χ2n) is 7.68. The first-order valence-electron chi connectivity index (χ1n) is 7.73. The number of aliphatic hydroxyl groups is 1. The van der Waals surface area contributed by atoms with Crippen molar-refractivity contribution in [2.24, 2.45) is 23.2 Å². The molecule has 4 fully saturated rings. The molecule has 0 spiro atoms. The van der Waals surface area contributed by atoms with Crippen molar-refractivity contribution in [3.8, 4) is 0 Å². The van der Waals surface area contributed by atoms with E-state index in [0.717, 1.165) is 0 Å². The number of hydrogen-bond acceptors (Lipinski definition) is 5. The Kier molecular flexibility index (Phi) is 3.22. The van der Waals surface area contributed by atoms with Gasteiger partial charge in [-0.2, -0.15) is 0 Å². The number of ether oxygens (including phenoxy) is 1. The predicted octanol–water partition coefficient (Wildman–Crippen LogP) is 2.09. The Hall–Kier alpha value is -0.130. The minimum atomic E-state index is -4.62. The molecule has 23 heavy (non-hydrogen) atoms. The monoisotopic (exact) mass is 448 g/mol. The molecule has 0 aromatic carbocycles. The molecule has 4 unspecified atom stereocenters. The number of carbonyl (C=O) groups excluding carboxylic acids is 1. The fourth-order valence-corrected chi connectivity index (χ4v) is 9.86. The number of carbonyl (C=O) groups is 1. The van der Waals surface area contributed by atoms with Crippen LogP contribution < -0.4 is 7.06 Å². The summed E-state index contributed by atoms with van der Waals surface area (Å²) >= 11 is -1.30. The minimum absolute atomic E-state index is 0.0356. The molecule has 2 saturated carbocycles. The van der Waals surface area contributed by atoms with E-state index in [1.54, 1.807) is 13.8 Å². The van der Waals surface area contributed by atoms with Crippen LogP contribution in [0.1, 0.15) is 33.1 Å². The molecule has 0 aromatic rings. The molecule has 4 aliphatic rings. The van der Waals surface area contributed by atoms with Crippen molar-refractivity contribution < 1.29 is 27.8 Å². The zero-order valence-corrected chi connectivity index (χ0v) is 15.0. The third-order valence-electron chi connectivity index (χ3n) is 5.96. The summed E-state index contributed by atoms with van der Waals surface area (Å²) in [5.41, 5.74) is -3.31. The molecule has 0 radical (unpaired) electrons. The summed E-state index contributed by atoms with van der Waals surface area (Å²) in [5.74, 6) is -1.78. The van der Waals surface area contributed by atoms with E-state index in [4.69, 9.17) is 4.74 Å². The Morgan fingerprint density at radius 3 is 2.43 bits per heavy atom. The van der Waals surface area contributed by atoms with Crippen molar-refractivity contribution in [3.63, 3.8) is 0 Å². The second kappa shape index (κ2) is 4.53. The molecule has 0 amide bonds. The van der Waals surface area contributed by atoms with Crippen LogP contribution in [0, 0.1) is 23.2 Å². The zero-order valence-electron chi connectivity index (χ0n) is 12.8. The van der Waals surface area contributed by atoms with E-state index >= 15 is 0 Å². The molecule has 2 saturated heterocycles. The van der Waals surface area contributed by atoms with Gasteiger partial charge in [-0.25, -0.2) is 0 Å². The van der Waals surface area contributed by atoms with Gasteiger partial charge in [0.25, 0.3) is 0 Å². The van der Waals surface area contributed by atoms with Gasteiger partial charge in [-0.05, 0) is 0 Å². The number of alkyl halides is 4. The average Bonchev–Trinajstić information content (AvgIpc) is 3.21. The summed E-state index contributed by atoms with van der Waals surface area (Å²) in [4.78, 5) is 12.3. The van der Waals surface area contributed by atoms with Crippen molar-refractivity contribution in [1.29, 1.82) is 0 Å². The molecule has 9 heteroatoms. The van der Waals surface area contributed by atoms with E-state index in [-0.39, 0.29) is 28.6 Å². The molecule has 4 atom stereocenters. The van der Waals surface area contributed by atoms with Crippen LogP contribution in [0.15, 0.2) is 0 Å². The van der Waals surface area contributed by atoms with Gasteiger partial charge in [0.15, 0.2) is 0 Å². The summed E-state index contributed by atoms with van der Waals surface area (Å²) in [6, 6.07) is 0. The van der Waals surface area contributed by atoms with Gasteiger partial charge in [0.1, 0.15) is 0 Å². The van der Waals surface area contributed by atoms with E-state index in [9.17, 15) is 23.1 Å². The van der Waals surface area contributed by atoms with E-state index in [2.05, 4.69) is 7.06 Å². The van der Waals surface area contributed by atoms with Crippen molar-refractivity contribution in [2.45, 2.75) is 48.6 Å². The molecule has 5 nitrogen and oxygen atoms in total. The van der Waals surface area contributed by atoms with E-state index in [1.165, 1.54) is 0 Å². The van der Waals surface area contributed by atoms with Crippen LogP contribution in [0.4, 0.5) is 13.2 Å². The molecule has 132 valence electrons. The standard InChI is InChI=1S/C14H20F3IN2O3/c1-11(2,14-18(19-14)20-14)10(21)23-6-8-3-7-4-9(8)12(22,5-7)13(15,16)17/h7-9,19-20,22H,3-6H2,1-2H3. The molecule has 2 heterocycles. The Morgan fingerprint density at radius 1 is 1.35 bits per heavy atom. The maximum absolute atomic E-state index is 13.2. The van der Waals surface area contributed by atoms with Gasteiger partial charge in [0.05, 0.1) is 0 Å². The van der Waals surface area contributed by atoms with E-state index in [1.807, 2.05) is 0 Å². The van der Waals surface area contributed by atoms with Crippen molar-refractivity contribution in [3.05, 3.63) is 0 Å². The molecule has 2 bridgehead atoms. The molecule has 2 aliphatic heterocycles. The summed E-state index contributed by atoms with van der Waals surface area (Å²) in [6.07, 6.45) is -3.88. The van der Waals surface area contributed by atoms with Crippen LogP contribution in [0.2, 0.25) is 0 Å². The molecule has 0 aromatic heterocycles. The summed E-state index contributed by atoms with van der Waals surface area (Å²) in [7, 11) is 0. The van der Waals surface area contributed by atoms with Gasteiger partial charge >= 0.3 is 140 Å². The number of fused-ring (bicyclic) bond motifs is 3. The van der Waals surface area contributed by atoms with Crippen LogP contribution in [0.25, 0.3) is 0 Å². The SMILES string of the molecule is CC(C)(C(=O)OCC1CC2CC1C(O)(C(F)(F)F)C2)C12NI1N2. The Morgan fingerprint density at radius 2 is 1.96 bits per heavy atom. The van der Waals surface area contributed by atoms with Crippen LogP contribution in [-0.2, 0) is 9.53 Å². The molecule has 2 aliphatic carbocycles. The van der Waals surface area contributed by atoms with Gasteiger partial charge in [0, 0.05) is 0 Å². The molecule has 4 rings (SSSR count). The Bertz CT molecular complexity index is 564. The van der Waals surface area contributed by atoms with Gasteiger partial charge in [0.2, 0.25) is 0 Å². The Balaban J connectivity index is 1.40. The average molecular weight is 448 g/mol. The fraction of sp³-hybridized carbons (Fsp3) is 0.929. The van der Waals surface area contributed by atoms with Crippen molar-refractivity contribution in [2.75, 3.05) is 6.61 Å². The third-order valence-corrected chi connectivity index (χ3v) is 11.1. The van der Waals surface area contributed by atoms with Crippen LogP contribution in [-0.4, -0.2) is 33.1 Å². The molecular weight excluding hydrogens is 428 g/mol. The normalized spacial score (nSPS) is 41.7. The number of hydrogen-bond donors (Lipinski definition) is 3. The Labute approximate surface area is 139 Å². The zero-order chi connectivity index (χ0) is 16.8. The number of nitrogens with one attached hydrogen (secondary N) is 2. The van der Waals surface area contributed by atoms with Crippen LogP contribution in [0.5, 0.6) is 0 Å². The summed E-state index contributed by atoms with van der Waals surface area (Å²) in [5, 5.41) is 10.1. The van der Waals surface area contributed by atoms with Crippen LogP contribution in [0.3, 0.4) is 0 Å². The fourth-order valence-electron chi connectivity index (χ4n) is 4.29. The van der Waals surface area contributed by atoms with Crippen molar-refractivity contribution in [1.82, 2.24) is 7.06 Å². The molecular formula is C14H20F3IN2O3. The maximum atomic E-state index is 13.2. The second-order valence-corrected chi connectivity index (χ2v) is 12.0. The van der Waals surface area contributed by atoms with Gasteiger partial charge in [-0.15, -0.1) is 0 Å². The summed E-state index contributed by atoms with van der Waals surface area (Å²) in [6.45, 7) is 3.56. The first-order chi connectivity index (χ1) is 10.5. The van der Waals surface area contributed by atoms with E-state index < -0.39 is 49.4 Å². The quantitative estimate of drug-likeness (QED) is 0.153. The number of halogens is 4. The number of esters is 1. The first-order valence-corrected chi connectivity index (χ1v) is 11.0. The molecule has 3 N–H and O–H groups in total. The van der Waals surface area contributed by atoms with Gasteiger partial charge in [-0.1, -0.05) is 0 Å². The predicted molar refractivity (Wildman–Crippen MR) is 83.1 cm³/mol. The van der Waals surface area contributed by atoms with E-state index in [0.29, 0.717) is 12.8 Å². The van der Waals surface area contributed by atoms with Gasteiger partial charge < -0.3 is 0 Å². The van der Waals surface area contributed by atoms with Crippen LogP contribution >= 0.6 is 20.4 Å². The summed E-state index contributed by atoms with van der Waals surface area (Å²) < 4.78 is 51.2. The third kappa shape index (κ3) is 2.12. The number of rotatable bonds is 4. The van der Waals surface area contributed by atoms with Gasteiger partial charge in [-0.3, -0.25) is 0 Å².